The van der Waals surface area contributed by atoms with Crippen molar-refractivity contribution in [3.05, 3.63) is 52.6 Å². The van der Waals surface area contributed by atoms with E-state index in [9.17, 15) is 4.79 Å². The molecule has 2 fully saturated rings. The Morgan fingerprint density at radius 2 is 1.86 bits per heavy atom. The van der Waals surface area contributed by atoms with Crippen LogP contribution in [-0.2, 0) is 6.54 Å². The fourth-order valence-corrected chi connectivity index (χ4v) is 3.67. The highest BCUT2D eigenvalue weighted by Gasteiger charge is 2.52. The summed E-state index contributed by atoms with van der Waals surface area (Å²) < 4.78 is 1.51. The molecule has 1 aromatic heterocycles. The largest absolute Gasteiger partial charge is 0.383 e. The average Bonchev–Trinajstić information content (AvgIpc) is 2.92. The van der Waals surface area contributed by atoms with Gasteiger partial charge in [-0.25, -0.2) is 4.79 Å². The molecule has 4 rings (SSSR count). The van der Waals surface area contributed by atoms with Crippen molar-refractivity contribution in [1.82, 2.24) is 14.5 Å². The first kappa shape index (κ1) is 13.5. The van der Waals surface area contributed by atoms with Gasteiger partial charge in [0.05, 0.1) is 5.69 Å². The molecule has 22 heavy (non-hydrogen) atoms. The van der Waals surface area contributed by atoms with Crippen molar-refractivity contribution < 1.29 is 0 Å². The lowest BCUT2D eigenvalue weighted by atomic mass is 10.2. The van der Waals surface area contributed by atoms with Gasteiger partial charge in [0.25, 0.3) is 0 Å². The second-order valence-corrected chi connectivity index (χ2v) is 6.55. The van der Waals surface area contributed by atoms with Crippen molar-refractivity contribution in [2.75, 3.05) is 18.8 Å². The molecule has 2 heterocycles. The van der Waals surface area contributed by atoms with E-state index in [4.69, 9.17) is 5.73 Å². The lowest BCUT2D eigenvalue weighted by Gasteiger charge is -2.18. The molecule has 3 atom stereocenters. The lowest BCUT2D eigenvalue weighted by molar-refractivity contribution is 0.281. The molecule has 2 aromatic rings. The van der Waals surface area contributed by atoms with E-state index in [1.54, 1.807) is 12.3 Å². The van der Waals surface area contributed by atoms with Crippen molar-refractivity contribution in [2.24, 2.45) is 17.8 Å². The van der Waals surface area contributed by atoms with Crippen LogP contribution in [0.3, 0.4) is 0 Å². The summed E-state index contributed by atoms with van der Waals surface area (Å²) in [5, 5.41) is 0. The van der Waals surface area contributed by atoms with Crippen LogP contribution in [0.25, 0.3) is 5.69 Å². The van der Waals surface area contributed by atoms with Crippen molar-refractivity contribution in [3.8, 4) is 5.69 Å². The van der Waals surface area contributed by atoms with E-state index in [0.717, 1.165) is 30.0 Å². The van der Waals surface area contributed by atoms with Crippen LogP contribution in [0.1, 0.15) is 12.5 Å². The fourth-order valence-electron chi connectivity index (χ4n) is 3.67. The molecule has 0 radical (unpaired) electrons. The second-order valence-electron chi connectivity index (χ2n) is 6.55. The molecule has 2 N–H and O–H groups in total. The number of hydrogen-bond acceptors (Lipinski definition) is 4. The Bertz CT molecular complexity index is 740. The molecule has 5 heteroatoms. The molecule has 1 saturated carbocycles. The van der Waals surface area contributed by atoms with E-state index >= 15 is 0 Å². The third-order valence-electron chi connectivity index (χ3n) is 5.14. The Hall–Kier alpha value is -2.14. The zero-order valence-corrected chi connectivity index (χ0v) is 12.6. The number of anilines is 1. The zero-order valence-electron chi connectivity index (χ0n) is 12.6. The summed E-state index contributed by atoms with van der Waals surface area (Å²) in [5.41, 5.74) is 7.27. The zero-order chi connectivity index (χ0) is 15.3. The number of fused-ring (bicyclic) bond motifs is 1. The van der Waals surface area contributed by atoms with Gasteiger partial charge in [-0.1, -0.05) is 19.1 Å². The van der Waals surface area contributed by atoms with Crippen LogP contribution in [0.5, 0.6) is 0 Å². The Balaban J connectivity index is 1.47. The number of piperidine rings is 1. The van der Waals surface area contributed by atoms with Crippen molar-refractivity contribution >= 4 is 5.82 Å². The number of aromatic nitrogens is 2. The highest BCUT2D eigenvalue weighted by atomic mass is 16.1. The summed E-state index contributed by atoms with van der Waals surface area (Å²) >= 11 is 0. The number of hydrogen-bond donors (Lipinski definition) is 1. The Morgan fingerprint density at radius 3 is 2.50 bits per heavy atom. The maximum absolute atomic E-state index is 11.8. The van der Waals surface area contributed by atoms with Crippen LogP contribution in [0.2, 0.25) is 0 Å². The number of rotatable bonds is 3. The van der Waals surface area contributed by atoms with Gasteiger partial charge in [0, 0.05) is 25.8 Å². The minimum atomic E-state index is -0.346. The van der Waals surface area contributed by atoms with Gasteiger partial charge < -0.3 is 5.73 Å². The number of nitrogens with zero attached hydrogens (tertiary/aromatic N) is 3. The van der Waals surface area contributed by atoms with Crippen LogP contribution in [0.4, 0.5) is 5.82 Å². The van der Waals surface area contributed by atoms with Crippen molar-refractivity contribution in [2.45, 2.75) is 13.5 Å². The van der Waals surface area contributed by atoms with Gasteiger partial charge in [0.2, 0.25) is 0 Å². The second kappa shape index (κ2) is 4.95. The van der Waals surface area contributed by atoms with Crippen LogP contribution in [-0.4, -0.2) is 27.5 Å². The third kappa shape index (κ3) is 2.31. The fraction of sp³-hybridized carbons (Fsp3) is 0.412. The monoisotopic (exact) mass is 296 g/mol. The first-order chi connectivity index (χ1) is 10.6. The van der Waals surface area contributed by atoms with E-state index in [1.165, 1.54) is 23.2 Å². The Kier molecular flexibility index (Phi) is 3.04. The first-order valence-corrected chi connectivity index (χ1v) is 7.78. The standard InChI is InChI=1S/C17H20N4O/c1-11-14-9-20(10-15(11)14)8-12-2-4-13(5-3-12)21-7-6-16(18)19-17(21)22/h2-7,11,14-15H,8-10H2,1H3,(H2,18,19,22)/t11?,14-,15?/m1/s1. The molecular weight excluding hydrogens is 276 g/mol. The maximum Gasteiger partial charge on any atom is 0.354 e. The van der Waals surface area contributed by atoms with Gasteiger partial charge in [-0.3, -0.25) is 9.47 Å². The molecule has 0 spiro atoms. The Morgan fingerprint density at radius 1 is 1.18 bits per heavy atom. The molecule has 0 amide bonds. The lowest BCUT2D eigenvalue weighted by Crippen LogP contribution is -2.24. The summed E-state index contributed by atoms with van der Waals surface area (Å²) in [6.45, 7) is 5.82. The summed E-state index contributed by atoms with van der Waals surface area (Å²) in [5.74, 6) is 3.04. The van der Waals surface area contributed by atoms with E-state index in [2.05, 4.69) is 28.9 Å². The third-order valence-corrected chi connectivity index (χ3v) is 5.14. The van der Waals surface area contributed by atoms with Gasteiger partial charge >= 0.3 is 5.69 Å². The van der Waals surface area contributed by atoms with Gasteiger partial charge in [0.15, 0.2) is 0 Å². The summed E-state index contributed by atoms with van der Waals surface area (Å²) in [7, 11) is 0. The molecule has 1 aliphatic heterocycles. The predicted octanol–water partition coefficient (Wildman–Crippen LogP) is 1.51. The number of nitrogen functional groups attached to an aromatic ring is 1. The maximum atomic E-state index is 11.8. The number of benzene rings is 1. The van der Waals surface area contributed by atoms with E-state index < -0.39 is 0 Å². The molecule has 114 valence electrons. The average molecular weight is 296 g/mol. The smallest absolute Gasteiger partial charge is 0.354 e. The normalized spacial score (nSPS) is 26.9. The molecular formula is C17H20N4O. The molecule has 1 aromatic carbocycles. The quantitative estimate of drug-likeness (QED) is 0.932. The highest BCUT2D eigenvalue weighted by molar-refractivity contribution is 5.36. The van der Waals surface area contributed by atoms with E-state index in [0.29, 0.717) is 0 Å². The van der Waals surface area contributed by atoms with Gasteiger partial charge in [-0.15, -0.1) is 0 Å². The molecule has 0 bridgehead atoms. The highest BCUT2D eigenvalue weighted by Crippen LogP contribution is 2.51. The van der Waals surface area contributed by atoms with Gasteiger partial charge in [0.1, 0.15) is 5.82 Å². The summed E-state index contributed by atoms with van der Waals surface area (Å²) in [6, 6.07) is 9.74. The topological polar surface area (TPSA) is 64.2 Å². The predicted molar refractivity (Wildman–Crippen MR) is 85.7 cm³/mol. The SMILES string of the molecule is CC1C2CN(Cc3ccc(-n4ccc(N)nc4=O)cc3)C[C@H]12. The summed E-state index contributed by atoms with van der Waals surface area (Å²) in [6.07, 6.45) is 1.66. The Labute approximate surface area is 129 Å². The molecule has 2 aliphatic rings. The minimum Gasteiger partial charge on any atom is -0.383 e. The minimum absolute atomic E-state index is 0.250. The van der Waals surface area contributed by atoms with Gasteiger partial charge in [-0.05, 0) is 41.5 Å². The molecule has 2 unspecified atom stereocenters. The van der Waals surface area contributed by atoms with E-state index in [-0.39, 0.29) is 11.5 Å². The molecule has 1 saturated heterocycles. The number of nitrogens with two attached hydrogens (primary N) is 1. The van der Waals surface area contributed by atoms with Crippen LogP contribution in [0.15, 0.2) is 41.3 Å². The van der Waals surface area contributed by atoms with Crippen molar-refractivity contribution in [3.63, 3.8) is 0 Å². The number of likely N-dealkylation sites (tertiary alicyclic amines) is 1. The van der Waals surface area contributed by atoms with Crippen LogP contribution >= 0.6 is 0 Å². The van der Waals surface area contributed by atoms with Crippen molar-refractivity contribution in [1.29, 1.82) is 0 Å². The van der Waals surface area contributed by atoms with Gasteiger partial charge in [-0.2, -0.15) is 4.98 Å². The first-order valence-electron chi connectivity index (χ1n) is 7.78. The van der Waals surface area contributed by atoms with Crippen LogP contribution in [0, 0.1) is 17.8 Å². The summed E-state index contributed by atoms with van der Waals surface area (Å²) in [4.78, 5) is 18.1. The van der Waals surface area contributed by atoms with Crippen LogP contribution < -0.4 is 11.4 Å². The van der Waals surface area contributed by atoms with E-state index in [1.807, 2.05) is 12.1 Å². The molecule has 1 aliphatic carbocycles. The molecule has 5 nitrogen and oxygen atoms in total.